The molecule has 0 spiro atoms. The van der Waals surface area contributed by atoms with E-state index in [4.69, 9.17) is 5.14 Å². The van der Waals surface area contributed by atoms with Gasteiger partial charge in [0.15, 0.2) is 5.82 Å². The zero-order chi connectivity index (χ0) is 15.8. The summed E-state index contributed by atoms with van der Waals surface area (Å²) in [5, 5.41) is 20.9. The SMILES string of the molecule is Cc1ccc(O)c(C(=O)Nc2nn(C)cc2S(N)(=O)=O)c1. The van der Waals surface area contributed by atoms with Gasteiger partial charge in [-0.1, -0.05) is 11.6 Å². The minimum Gasteiger partial charge on any atom is -0.507 e. The topological polar surface area (TPSA) is 127 Å². The molecule has 0 aliphatic heterocycles. The Kier molecular flexibility index (Phi) is 3.71. The number of nitrogens with one attached hydrogen (secondary N) is 1. The molecular weight excluding hydrogens is 296 g/mol. The third kappa shape index (κ3) is 3.20. The van der Waals surface area contributed by atoms with E-state index in [1.54, 1.807) is 13.0 Å². The molecule has 0 aliphatic rings. The lowest BCUT2D eigenvalue weighted by Gasteiger charge is -2.06. The zero-order valence-electron chi connectivity index (χ0n) is 11.4. The normalized spacial score (nSPS) is 11.4. The predicted octanol–water partition coefficient (Wildman–Crippen LogP) is 0.334. The number of carbonyl (C=O) groups is 1. The maximum Gasteiger partial charge on any atom is 0.260 e. The van der Waals surface area contributed by atoms with Gasteiger partial charge in [0.05, 0.1) is 5.56 Å². The molecule has 2 aromatic rings. The van der Waals surface area contributed by atoms with E-state index < -0.39 is 15.9 Å². The Morgan fingerprint density at radius 1 is 1.43 bits per heavy atom. The van der Waals surface area contributed by atoms with Crippen LogP contribution < -0.4 is 10.5 Å². The van der Waals surface area contributed by atoms with Crippen molar-refractivity contribution < 1.29 is 18.3 Å². The lowest BCUT2D eigenvalue weighted by Crippen LogP contribution is -2.18. The molecule has 0 bridgehead atoms. The molecule has 9 heteroatoms. The molecule has 0 radical (unpaired) electrons. The molecule has 21 heavy (non-hydrogen) atoms. The number of anilines is 1. The van der Waals surface area contributed by atoms with E-state index in [9.17, 15) is 18.3 Å². The summed E-state index contributed by atoms with van der Waals surface area (Å²) in [6.45, 7) is 1.76. The van der Waals surface area contributed by atoms with E-state index in [2.05, 4.69) is 10.4 Å². The van der Waals surface area contributed by atoms with Gasteiger partial charge in [0, 0.05) is 13.2 Å². The lowest BCUT2D eigenvalue weighted by molar-refractivity contribution is 0.102. The van der Waals surface area contributed by atoms with Crippen molar-refractivity contribution in [2.24, 2.45) is 12.2 Å². The summed E-state index contributed by atoms with van der Waals surface area (Å²) in [6.07, 6.45) is 1.18. The summed E-state index contributed by atoms with van der Waals surface area (Å²) in [5.41, 5.74) is 0.784. The monoisotopic (exact) mass is 310 g/mol. The molecule has 1 amide bonds. The van der Waals surface area contributed by atoms with E-state index in [1.807, 2.05) is 0 Å². The van der Waals surface area contributed by atoms with Crippen LogP contribution in [0.3, 0.4) is 0 Å². The smallest absolute Gasteiger partial charge is 0.260 e. The van der Waals surface area contributed by atoms with Crippen molar-refractivity contribution >= 4 is 21.7 Å². The largest absolute Gasteiger partial charge is 0.507 e. The number of hydrogen-bond acceptors (Lipinski definition) is 5. The van der Waals surface area contributed by atoms with Crippen LogP contribution in [0.15, 0.2) is 29.3 Å². The van der Waals surface area contributed by atoms with E-state index in [0.29, 0.717) is 0 Å². The number of aryl methyl sites for hydroxylation is 2. The van der Waals surface area contributed by atoms with Crippen LogP contribution in [-0.2, 0) is 17.1 Å². The number of sulfonamides is 1. The van der Waals surface area contributed by atoms with Crippen molar-refractivity contribution in [3.8, 4) is 5.75 Å². The van der Waals surface area contributed by atoms with Gasteiger partial charge in [0.2, 0.25) is 10.0 Å². The summed E-state index contributed by atoms with van der Waals surface area (Å²) in [7, 11) is -2.52. The number of nitrogens with zero attached hydrogens (tertiary/aromatic N) is 2. The number of primary sulfonamides is 1. The van der Waals surface area contributed by atoms with Crippen LogP contribution in [-0.4, -0.2) is 29.2 Å². The standard InChI is InChI=1S/C12H14N4O4S/c1-7-3-4-9(17)8(5-7)12(18)14-11-10(21(13,19)20)6-16(2)15-11/h3-6,17H,1-2H3,(H2,13,19,20)(H,14,15,18). The van der Waals surface area contributed by atoms with Gasteiger partial charge in [-0.3, -0.25) is 9.48 Å². The Balaban J connectivity index is 2.39. The number of aromatic hydroxyl groups is 1. The predicted molar refractivity (Wildman–Crippen MR) is 75.4 cm³/mol. The Bertz CT molecular complexity index is 811. The molecule has 0 saturated heterocycles. The van der Waals surface area contributed by atoms with Crippen molar-refractivity contribution in [3.05, 3.63) is 35.5 Å². The first kappa shape index (κ1) is 15.0. The molecule has 0 fully saturated rings. The van der Waals surface area contributed by atoms with Gasteiger partial charge in [-0.25, -0.2) is 13.6 Å². The summed E-state index contributed by atoms with van der Waals surface area (Å²) >= 11 is 0. The van der Waals surface area contributed by atoms with E-state index in [1.165, 1.54) is 30.1 Å². The first-order valence-corrected chi connectivity index (χ1v) is 7.40. The second-order valence-electron chi connectivity index (χ2n) is 4.54. The van der Waals surface area contributed by atoms with Crippen LogP contribution >= 0.6 is 0 Å². The van der Waals surface area contributed by atoms with Gasteiger partial charge in [0.1, 0.15) is 10.6 Å². The lowest BCUT2D eigenvalue weighted by atomic mass is 10.1. The number of aromatic nitrogens is 2. The molecule has 0 atom stereocenters. The second-order valence-corrected chi connectivity index (χ2v) is 6.07. The van der Waals surface area contributed by atoms with E-state index in [0.717, 1.165) is 5.56 Å². The maximum absolute atomic E-state index is 12.1. The van der Waals surface area contributed by atoms with Crippen LogP contribution in [0.4, 0.5) is 5.82 Å². The Hall–Kier alpha value is -2.39. The number of nitrogens with two attached hydrogens (primary N) is 1. The molecule has 8 nitrogen and oxygen atoms in total. The Morgan fingerprint density at radius 3 is 2.71 bits per heavy atom. The van der Waals surface area contributed by atoms with Gasteiger partial charge in [-0.15, -0.1) is 0 Å². The summed E-state index contributed by atoms with van der Waals surface area (Å²) in [6, 6.07) is 4.50. The van der Waals surface area contributed by atoms with Crippen LogP contribution in [0.25, 0.3) is 0 Å². The quantitative estimate of drug-likeness (QED) is 0.753. The number of hydrogen-bond donors (Lipinski definition) is 3. The van der Waals surface area contributed by atoms with E-state index >= 15 is 0 Å². The number of amides is 1. The van der Waals surface area contributed by atoms with Crippen molar-refractivity contribution in [3.63, 3.8) is 0 Å². The third-order valence-electron chi connectivity index (χ3n) is 2.73. The molecular formula is C12H14N4O4S. The van der Waals surface area contributed by atoms with Gasteiger partial charge >= 0.3 is 0 Å². The summed E-state index contributed by atoms with van der Waals surface area (Å²) < 4.78 is 24.1. The number of phenols is 1. The number of carbonyl (C=O) groups excluding carboxylic acids is 1. The Labute approximate surface area is 121 Å². The van der Waals surface area contributed by atoms with Crippen LogP contribution in [0.2, 0.25) is 0 Å². The van der Waals surface area contributed by atoms with Gasteiger partial charge in [-0.2, -0.15) is 5.10 Å². The summed E-state index contributed by atoms with van der Waals surface area (Å²) in [4.78, 5) is 11.8. The van der Waals surface area contributed by atoms with Crippen LogP contribution in [0, 0.1) is 6.92 Å². The zero-order valence-corrected chi connectivity index (χ0v) is 12.2. The average molecular weight is 310 g/mol. The van der Waals surface area contributed by atoms with Crippen molar-refractivity contribution in [1.29, 1.82) is 0 Å². The minimum atomic E-state index is -4.02. The maximum atomic E-state index is 12.1. The van der Waals surface area contributed by atoms with Gasteiger partial charge in [-0.05, 0) is 19.1 Å². The van der Waals surface area contributed by atoms with Crippen LogP contribution in [0.1, 0.15) is 15.9 Å². The van der Waals surface area contributed by atoms with Crippen molar-refractivity contribution in [2.75, 3.05) is 5.32 Å². The van der Waals surface area contributed by atoms with Crippen molar-refractivity contribution in [2.45, 2.75) is 11.8 Å². The average Bonchev–Trinajstić information content (AvgIpc) is 2.73. The fraction of sp³-hybridized carbons (Fsp3) is 0.167. The number of rotatable bonds is 3. The molecule has 1 aromatic heterocycles. The van der Waals surface area contributed by atoms with Gasteiger partial charge in [0.25, 0.3) is 5.91 Å². The first-order chi connectivity index (χ1) is 9.68. The van der Waals surface area contributed by atoms with Gasteiger partial charge < -0.3 is 10.4 Å². The molecule has 0 unspecified atom stereocenters. The molecule has 2 rings (SSSR count). The van der Waals surface area contributed by atoms with Crippen LogP contribution in [0.5, 0.6) is 5.75 Å². The molecule has 1 heterocycles. The molecule has 0 aliphatic carbocycles. The first-order valence-electron chi connectivity index (χ1n) is 5.86. The number of benzene rings is 1. The highest BCUT2D eigenvalue weighted by atomic mass is 32.2. The molecule has 112 valence electrons. The minimum absolute atomic E-state index is 0.0148. The highest BCUT2D eigenvalue weighted by Crippen LogP contribution is 2.22. The molecule has 1 aromatic carbocycles. The van der Waals surface area contributed by atoms with E-state index in [-0.39, 0.29) is 22.0 Å². The second kappa shape index (κ2) is 5.19. The fourth-order valence-corrected chi connectivity index (χ4v) is 2.43. The Morgan fingerprint density at radius 2 is 2.10 bits per heavy atom. The molecule has 0 saturated carbocycles. The van der Waals surface area contributed by atoms with Crippen molar-refractivity contribution in [1.82, 2.24) is 9.78 Å². The number of phenolic OH excluding ortho intramolecular Hbond substituents is 1. The third-order valence-corrected chi connectivity index (χ3v) is 3.64. The highest BCUT2D eigenvalue weighted by molar-refractivity contribution is 7.89. The molecule has 4 N–H and O–H groups in total. The fourth-order valence-electron chi connectivity index (χ4n) is 1.77. The summed E-state index contributed by atoms with van der Waals surface area (Å²) in [5.74, 6) is -1.09. The highest BCUT2D eigenvalue weighted by Gasteiger charge is 2.21.